The van der Waals surface area contributed by atoms with Gasteiger partial charge in [-0.15, -0.1) is 11.8 Å². The summed E-state index contributed by atoms with van der Waals surface area (Å²) in [5, 5.41) is 3.05. The van der Waals surface area contributed by atoms with E-state index in [-0.39, 0.29) is 5.56 Å². The predicted octanol–water partition coefficient (Wildman–Crippen LogP) is 1.20. The molecule has 0 saturated carbocycles. The summed E-state index contributed by atoms with van der Waals surface area (Å²) in [5.41, 5.74) is -0.121. The number of halogens is 1. The number of rotatable bonds is 3. The maximum absolute atomic E-state index is 11.2. The average Bonchev–Trinajstić information content (AvgIpc) is 2.19. The van der Waals surface area contributed by atoms with E-state index in [2.05, 4.69) is 27.1 Å². The summed E-state index contributed by atoms with van der Waals surface area (Å²) in [6, 6.07) is 0. The van der Waals surface area contributed by atoms with E-state index in [9.17, 15) is 4.79 Å². The van der Waals surface area contributed by atoms with Crippen LogP contribution in [0.4, 0.5) is 5.82 Å². The number of nitrogens with one attached hydrogen (secondary N) is 2. The Labute approximate surface area is 95.7 Å². The highest BCUT2D eigenvalue weighted by molar-refractivity contribution is 14.1. The molecule has 0 bridgehead atoms. The Morgan fingerprint density at radius 3 is 3.21 bits per heavy atom. The molecular formula is C9H10IN3O. The van der Waals surface area contributed by atoms with Gasteiger partial charge in [-0.3, -0.25) is 4.79 Å². The quantitative estimate of drug-likeness (QED) is 0.501. The molecule has 0 unspecified atom stereocenters. The average molecular weight is 303 g/mol. The predicted molar refractivity (Wildman–Crippen MR) is 64.1 cm³/mol. The van der Waals surface area contributed by atoms with Gasteiger partial charge in [0.15, 0.2) is 0 Å². The van der Waals surface area contributed by atoms with Crippen molar-refractivity contribution in [1.82, 2.24) is 9.97 Å². The lowest BCUT2D eigenvalue weighted by atomic mass is 10.4. The van der Waals surface area contributed by atoms with Gasteiger partial charge in [0.2, 0.25) is 0 Å². The summed E-state index contributed by atoms with van der Waals surface area (Å²) in [6.45, 7) is 2.50. The van der Waals surface area contributed by atoms with Gasteiger partial charge in [-0.2, -0.15) is 0 Å². The van der Waals surface area contributed by atoms with Crippen molar-refractivity contribution < 1.29 is 0 Å². The second-order valence-corrected chi connectivity index (χ2v) is 3.58. The van der Waals surface area contributed by atoms with Gasteiger partial charge in [0.05, 0.1) is 6.33 Å². The lowest BCUT2D eigenvalue weighted by molar-refractivity contribution is 1.03. The van der Waals surface area contributed by atoms with Gasteiger partial charge in [-0.1, -0.05) is 0 Å². The molecule has 0 spiro atoms. The third kappa shape index (κ3) is 3.03. The Balaban J connectivity index is 2.62. The Morgan fingerprint density at radius 1 is 1.71 bits per heavy atom. The number of nitrogens with zero attached hydrogens (tertiary/aromatic N) is 1. The van der Waals surface area contributed by atoms with E-state index in [1.165, 1.54) is 6.33 Å². The van der Waals surface area contributed by atoms with Gasteiger partial charge in [0.1, 0.15) is 9.39 Å². The van der Waals surface area contributed by atoms with E-state index >= 15 is 0 Å². The second kappa shape index (κ2) is 5.65. The molecular weight excluding hydrogens is 293 g/mol. The van der Waals surface area contributed by atoms with E-state index < -0.39 is 0 Å². The van der Waals surface area contributed by atoms with Gasteiger partial charge in [0.25, 0.3) is 5.56 Å². The summed E-state index contributed by atoms with van der Waals surface area (Å²) in [5.74, 6) is 6.34. The first-order valence-corrected chi connectivity index (χ1v) is 5.20. The van der Waals surface area contributed by atoms with Crippen LogP contribution >= 0.6 is 22.6 Å². The molecule has 0 aromatic carbocycles. The van der Waals surface area contributed by atoms with Crippen molar-refractivity contribution in [3.63, 3.8) is 0 Å². The number of anilines is 1. The lowest BCUT2D eigenvalue weighted by Crippen LogP contribution is -2.15. The fraction of sp³-hybridized carbons (Fsp3) is 0.333. The molecule has 0 fully saturated rings. The van der Waals surface area contributed by atoms with Crippen LogP contribution in [0, 0.1) is 15.4 Å². The first-order chi connectivity index (χ1) is 6.75. The fourth-order valence-electron chi connectivity index (χ4n) is 0.875. The summed E-state index contributed by atoms with van der Waals surface area (Å²) < 4.78 is 0.578. The van der Waals surface area contributed by atoms with Crippen molar-refractivity contribution in [1.29, 1.82) is 0 Å². The fourth-order valence-corrected chi connectivity index (χ4v) is 1.36. The number of H-pyrrole nitrogens is 1. The van der Waals surface area contributed by atoms with E-state index in [4.69, 9.17) is 0 Å². The van der Waals surface area contributed by atoms with Crippen molar-refractivity contribution in [3.8, 4) is 11.8 Å². The number of aromatic nitrogens is 2. The van der Waals surface area contributed by atoms with Crippen LogP contribution in [0.5, 0.6) is 0 Å². The Hall–Kier alpha value is -1.03. The zero-order chi connectivity index (χ0) is 10.4. The summed E-state index contributed by atoms with van der Waals surface area (Å²) >= 11 is 1.96. The highest BCUT2D eigenvalue weighted by Crippen LogP contribution is 2.07. The SMILES string of the molecule is CC#CCCNc1nc[nH]c(=O)c1I. The minimum absolute atomic E-state index is 0.121. The monoisotopic (exact) mass is 303 g/mol. The lowest BCUT2D eigenvalue weighted by Gasteiger charge is -2.03. The topological polar surface area (TPSA) is 57.8 Å². The van der Waals surface area contributed by atoms with Crippen LogP contribution in [0.25, 0.3) is 0 Å². The molecule has 0 amide bonds. The van der Waals surface area contributed by atoms with Crippen molar-refractivity contribution >= 4 is 28.4 Å². The maximum atomic E-state index is 11.2. The van der Waals surface area contributed by atoms with E-state index in [1.54, 1.807) is 6.92 Å². The molecule has 1 aromatic heterocycles. The number of hydrogen-bond donors (Lipinski definition) is 2. The van der Waals surface area contributed by atoms with Crippen molar-refractivity contribution in [2.45, 2.75) is 13.3 Å². The first-order valence-electron chi connectivity index (χ1n) is 4.12. The molecule has 5 heteroatoms. The molecule has 0 saturated heterocycles. The molecule has 14 heavy (non-hydrogen) atoms. The van der Waals surface area contributed by atoms with E-state index in [0.29, 0.717) is 15.9 Å². The molecule has 1 heterocycles. The third-order valence-corrected chi connectivity index (χ3v) is 2.52. The van der Waals surface area contributed by atoms with Crippen LogP contribution in [0.3, 0.4) is 0 Å². The van der Waals surface area contributed by atoms with Crippen LogP contribution in [0.15, 0.2) is 11.1 Å². The van der Waals surface area contributed by atoms with Gasteiger partial charge >= 0.3 is 0 Å². The molecule has 0 aliphatic carbocycles. The molecule has 2 N–H and O–H groups in total. The Kier molecular flexibility index (Phi) is 4.46. The highest BCUT2D eigenvalue weighted by Gasteiger charge is 2.02. The molecule has 0 radical (unpaired) electrons. The Morgan fingerprint density at radius 2 is 2.50 bits per heavy atom. The zero-order valence-electron chi connectivity index (χ0n) is 7.72. The van der Waals surface area contributed by atoms with Crippen molar-refractivity contribution in [2.24, 2.45) is 0 Å². The van der Waals surface area contributed by atoms with Crippen LogP contribution in [-0.2, 0) is 0 Å². The molecule has 4 nitrogen and oxygen atoms in total. The molecule has 0 atom stereocenters. The number of aromatic amines is 1. The van der Waals surface area contributed by atoms with Gasteiger partial charge in [-0.05, 0) is 29.5 Å². The minimum atomic E-state index is -0.121. The van der Waals surface area contributed by atoms with Gasteiger partial charge in [0, 0.05) is 13.0 Å². The van der Waals surface area contributed by atoms with Crippen LogP contribution in [0.2, 0.25) is 0 Å². The van der Waals surface area contributed by atoms with E-state index in [1.807, 2.05) is 22.6 Å². The summed E-state index contributed by atoms with van der Waals surface area (Å²) in [6.07, 6.45) is 2.14. The molecule has 74 valence electrons. The highest BCUT2D eigenvalue weighted by atomic mass is 127. The molecule has 0 aliphatic rings. The van der Waals surface area contributed by atoms with Crippen LogP contribution in [-0.4, -0.2) is 16.5 Å². The maximum Gasteiger partial charge on any atom is 0.266 e. The number of hydrogen-bond acceptors (Lipinski definition) is 3. The Bertz CT molecular complexity index is 416. The molecule has 1 rings (SSSR count). The van der Waals surface area contributed by atoms with E-state index in [0.717, 1.165) is 6.42 Å². The van der Waals surface area contributed by atoms with Gasteiger partial charge in [-0.25, -0.2) is 4.98 Å². The van der Waals surface area contributed by atoms with Crippen molar-refractivity contribution in [2.75, 3.05) is 11.9 Å². The minimum Gasteiger partial charge on any atom is -0.368 e. The zero-order valence-corrected chi connectivity index (χ0v) is 9.88. The third-order valence-electron chi connectivity index (χ3n) is 1.52. The first kappa shape index (κ1) is 11.0. The van der Waals surface area contributed by atoms with Crippen LogP contribution in [0.1, 0.15) is 13.3 Å². The van der Waals surface area contributed by atoms with Crippen LogP contribution < -0.4 is 10.9 Å². The standard InChI is InChI=1S/C9H10IN3O/c1-2-3-4-5-11-8-7(10)9(14)13-6-12-8/h6H,4-5H2,1H3,(H2,11,12,13,14). The second-order valence-electron chi connectivity index (χ2n) is 2.50. The van der Waals surface area contributed by atoms with Gasteiger partial charge < -0.3 is 10.3 Å². The normalized spacial score (nSPS) is 9.00. The smallest absolute Gasteiger partial charge is 0.266 e. The molecule has 0 aliphatic heterocycles. The largest absolute Gasteiger partial charge is 0.368 e. The molecule has 1 aromatic rings. The van der Waals surface area contributed by atoms with Crippen molar-refractivity contribution in [3.05, 3.63) is 20.3 Å². The summed E-state index contributed by atoms with van der Waals surface area (Å²) in [7, 11) is 0. The summed E-state index contributed by atoms with van der Waals surface area (Å²) in [4.78, 5) is 17.7.